The topological polar surface area (TPSA) is 58.4 Å². The summed E-state index contributed by atoms with van der Waals surface area (Å²) in [5.74, 6) is -0.0993. The molecule has 6 nitrogen and oxygen atoms in total. The van der Waals surface area contributed by atoms with Gasteiger partial charge in [-0.15, -0.1) is 0 Å². The van der Waals surface area contributed by atoms with Crippen LogP contribution < -0.4 is 5.56 Å². The zero-order valence-electron chi connectivity index (χ0n) is 16.0. The molecule has 1 aliphatic heterocycles. The van der Waals surface area contributed by atoms with E-state index >= 15 is 0 Å². The quantitative estimate of drug-likeness (QED) is 0.702. The van der Waals surface area contributed by atoms with E-state index in [4.69, 9.17) is 0 Å². The Hall–Kier alpha value is -2.99. The summed E-state index contributed by atoms with van der Waals surface area (Å²) in [6, 6.07) is 17.6. The van der Waals surface area contributed by atoms with Crippen LogP contribution >= 0.6 is 0 Å². The first kappa shape index (κ1) is 18.4. The summed E-state index contributed by atoms with van der Waals surface area (Å²) in [7, 11) is 0. The third kappa shape index (κ3) is 3.55. The molecule has 1 aliphatic rings. The van der Waals surface area contributed by atoms with Gasteiger partial charge in [0.15, 0.2) is 5.69 Å². The lowest BCUT2D eigenvalue weighted by Gasteiger charge is -2.34. The van der Waals surface area contributed by atoms with E-state index in [2.05, 4.69) is 34.3 Å². The second-order valence-corrected chi connectivity index (χ2v) is 7.07. The van der Waals surface area contributed by atoms with Gasteiger partial charge in [0.25, 0.3) is 11.5 Å². The van der Waals surface area contributed by atoms with E-state index in [1.807, 2.05) is 36.1 Å². The highest BCUT2D eigenvalue weighted by molar-refractivity contribution is 6.04. The Labute approximate surface area is 164 Å². The van der Waals surface area contributed by atoms with Gasteiger partial charge in [-0.3, -0.25) is 14.5 Å². The Kier molecular flexibility index (Phi) is 5.21. The number of nitrogens with zero attached hydrogens (tertiary/aromatic N) is 4. The minimum atomic E-state index is -0.151. The van der Waals surface area contributed by atoms with Crippen molar-refractivity contribution in [3.8, 4) is 0 Å². The molecule has 0 atom stereocenters. The molecule has 1 aromatic heterocycles. The lowest BCUT2D eigenvalue weighted by molar-refractivity contribution is 0.0622. The largest absolute Gasteiger partial charge is 0.335 e. The van der Waals surface area contributed by atoms with Crippen molar-refractivity contribution in [2.24, 2.45) is 0 Å². The maximum absolute atomic E-state index is 13.2. The van der Waals surface area contributed by atoms with Crippen molar-refractivity contribution in [3.63, 3.8) is 0 Å². The maximum atomic E-state index is 13.2. The number of rotatable bonds is 4. The minimum Gasteiger partial charge on any atom is -0.335 e. The molecule has 4 rings (SSSR count). The van der Waals surface area contributed by atoms with Crippen molar-refractivity contribution in [2.75, 3.05) is 26.2 Å². The van der Waals surface area contributed by atoms with E-state index < -0.39 is 0 Å². The monoisotopic (exact) mass is 376 g/mol. The number of aryl methyl sites for hydroxylation is 1. The molecule has 28 heavy (non-hydrogen) atoms. The van der Waals surface area contributed by atoms with Gasteiger partial charge < -0.3 is 4.90 Å². The van der Waals surface area contributed by atoms with Gasteiger partial charge in [0.05, 0.1) is 5.39 Å². The van der Waals surface area contributed by atoms with Gasteiger partial charge >= 0.3 is 0 Å². The minimum absolute atomic E-state index is 0.0993. The van der Waals surface area contributed by atoms with Crippen LogP contribution in [-0.4, -0.2) is 51.7 Å². The fourth-order valence-corrected chi connectivity index (χ4v) is 3.71. The predicted molar refractivity (Wildman–Crippen MR) is 109 cm³/mol. The first-order chi connectivity index (χ1) is 13.7. The number of benzene rings is 2. The summed E-state index contributed by atoms with van der Waals surface area (Å²) in [5, 5.41) is 5.56. The van der Waals surface area contributed by atoms with E-state index in [1.54, 1.807) is 6.07 Å². The van der Waals surface area contributed by atoms with Crippen LogP contribution in [0.1, 0.15) is 23.0 Å². The lowest BCUT2D eigenvalue weighted by atomic mass is 10.1. The molecule has 0 radical (unpaired) electrons. The summed E-state index contributed by atoms with van der Waals surface area (Å²) >= 11 is 0. The molecule has 2 aromatic carbocycles. The van der Waals surface area contributed by atoms with Gasteiger partial charge in [-0.05, 0) is 18.6 Å². The highest BCUT2D eigenvalue weighted by Crippen LogP contribution is 2.17. The van der Waals surface area contributed by atoms with Crippen molar-refractivity contribution in [1.29, 1.82) is 0 Å². The maximum Gasteiger partial charge on any atom is 0.275 e. The molecule has 0 aliphatic carbocycles. The van der Waals surface area contributed by atoms with Crippen molar-refractivity contribution < 1.29 is 4.79 Å². The molecule has 144 valence electrons. The molecule has 6 heteroatoms. The molecule has 0 spiro atoms. The van der Waals surface area contributed by atoms with Crippen LogP contribution in [0.25, 0.3) is 10.8 Å². The lowest BCUT2D eigenvalue weighted by Crippen LogP contribution is -2.48. The number of hydrogen-bond donors (Lipinski definition) is 0. The Balaban J connectivity index is 1.53. The van der Waals surface area contributed by atoms with E-state index in [1.165, 1.54) is 10.2 Å². The van der Waals surface area contributed by atoms with Crippen molar-refractivity contribution in [1.82, 2.24) is 19.6 Å². The Morgan fingerprint density at radius 3 is 2.25 bits per heavy atom. The summed E-state index contributed by atoms with van der Waals surface area (Å²) in [5.41, 5.74) is 1.50. The number of piperazine rings is 1. The summed E-state index contributed by atoms with van der Waals surface area (Å²) in [4.78, 5) is 29.9. The number of carbonyl (C=O) groups is 1. The fourth-order valence-electron chi connectivity index (χ4n) is 3.71. The Morgan fingerprint density at radius 1 is 0.929 bits per heavy atom. The van der Waals surface area contributed by atoms with Gasteiger partial charge in [-0.2, -0.15) is 5.10 Å². The van der Waals surface area contributed by atoms with E-state index in [0.717, 1.165) is 19.6 Å². The fraction of sp³-hybridized carbons (Fsp3) is 0.318. The molecular formula is C22H24N4O2. The van der Waals surface area contributed by atoms with Crippen LogP contribution in [0.5, 0.6) is 0 Å². The van der Waals surface area contributed by atoms with E-state index in [9.17, 15) is 9.59 Å². The number of fused-ring (bicyclic) bond motifs is 1. The van der Waals surface area contributed by atoms with Gasteiger partial charge in [0, 0.05) is 44.7 Å². The molecule has 1 fully saturated rings. The van der Waals surface area contributed by atoms with Crippen molar-refractivity contribution in [3.05, 3.63) is 76.2 Å². The normalized spacial score (nSPS) is 15.1. The third-order valence-corrected chi connectivity index (χ3v) is 5.28. The highest BCUT2D eigenvalue weighted by atomic mass is 16.2. The molecule has 3 aromatic rings. The van der Waals surface area contributed by atoms with Crippen molar-refractivity contribution >= 4 is 16.7 Å². The smallest absolute Gasteiger partial charge is 0.275 e. The zero-order valence-corrected chi connectivity index (χ0v) is 16.0. The van der Waals surface area contributed by atoms with Gasteiger partial charge in [0.1, 0.15) is 0 Å². The van der Waals surface area contributed by atoms with E-state index in [0.29, 0.717) is 36.1 Å². The molecule has 0 bridgehead atoms. The molecule has 1 amide bonds. The first-order valence-electron chi connectivity index (χ1n) is 9.73. The highest BCUT2D eigenvalue weighted by Gasteiger charge is 2.25. The van der Waals surface area contributed by atoms with Crippen LogP contribution in [0.4, 0.5) is 0 Å². The van der Waals surface area contributed by atoms with Crippen LogP contribution in [0.15, 0.2) is 59.4 Å². The molecule has 1 saturated heterocycles. The molecule has 0 saturated carbocycles. The van der Waals surface area contributed by atoms with Gasteiger partial charge in [-0.1, -0.05) is 48.5 Å². The first-order valence-corrected chi connectivity index (χ1v) is 9.73. The van der Waals surface area contributed by atoms with E-state index in [-0.39, 0.29) is 11.5 Å². The van der Waals surface area contributed by atoms with Gasteiger partial charge in [0.2, 0.25) is 0 Å². The molecule has 0 unspecified atom stereocenters. The molecule has 0 N–H and O–H groups in total. The Bertz CT molecular complexity index is 1040. The number of carbonyl (C=O) groups excluding carboxylic acids is 1. The second kappa shape index (κ2) is 7.94. The predicted octanol–water partition coefficient (Wildman–Crippen LogP) is 2.37. The molecule has 2 heterocycles. The van der Waals surface area contributed by atoms with Crippen molar-refractivity contribution in [2.45, 2.75) is 20.0 Å². The number of hydrogen-bond acceptors (Lipinski definition) is 4. The van der Waals surface area contributed by atoms with Crippen LogP contribution in [0, 0.1) is 0 Å². The number of aromatic nitrogens is 2. The average Bonchev–Trinajstić information content (AvgIpc) is 2.75. The number of amides is 1. The summed E-state index contributed by atoms with van der Waals surface area (Å²) < 4.78 is 1.38. The zero-order chi connectivity index (χ0) is 19.5. The SMILES string of the molecule is CCn1nc(C(=O)N2CCN(Cc3ccccc3)CC2)c2ccccc2c1=O. The van der Waals surface area contributed by atoms with Crippen LogP contribution in [0.3, 0.4) is 0 Å². The van der Waals surface area contributed by atoms with Crippen LogP contribution in [-0.2, 0) is 13.1 Å². The van der Waals surface area contributed by atoms with Gasteiger partial charge in [-0.25, -0.2) is 4.68 Å². The summed E-state index contributed by atoms with van der Waals surface area (Å²) in [6.07, 6.45) is 0. The standard InChI is InChI=1S/C22H24N4O2/c1-2-26-21(27)19-11-7-6-10-18(19)20(23-26)22(28)25-14-12-24(13-15-25)16-17-8-4-3-5-9-17/h3-11H,2,12-16H2,1H3. The van der Waals surface area contributed by atoms with Crippen LogP contribution in [0.2, 0.25) is 0 Å². The average molecular weight is 376 g/mol. The second-order valence-electron chi connectivity index (χ2n) is 7.07. The third-order valence-electron chi connectivity index (χ3n) is 5.28. The Morgan fingerprint density at radius 2 is 1.57 bits per heavy atom. The molecular weight excluding hydrogens is 352 g/mol. The summed E-state index contributed by atoms with van der Waals surface area (Å²) in [6.45, 7) is 6.16.